The maximum absolute atomic E-state index is 12.2. The van der Waals surface area contributed by atoms with E-state index in [1.165, 1.54) is 12.1 Å². The highest BCUT2D eigenvalue weighted by Crippen LogP contribution is 2.30. The van der Waals surface area contributed by atoms with E-state index in [0.717, 1.165) is 11.6 Å². The van der Waals surface area contributed by atoms with Gasteiger partial charge in [-0.3, -0.25) is 4.79 Å². The molecule has 1 aromatic heterocycles. The first-order valence-corrected chi connectivity index (χ1v) is 7.16. The van der Waals surface area contributed by atoms with Crippen molar-refractivity contribution in [2.45, 2.75) is 0 Å². The Kier molecular flexibility index (Phi) is 4.23. The molecular weight excluding hydrogens is 308 g/mol. The Hall–Kier alpha value is -3.23. The number of hydrogen-bond donors (Lipinski definition) is 2. The van der Waals surface area contributed by atoms with Crippen LogP contribution in [0.4, 0.5) is 0 Å². The van der Waals surface area contributed by atoms with Crippen LogP contribution in [0.25, 0.3) is 22.3 Å². The Bertz CT molecular complexity index is 1000. The summed E-state index contributed by atoms with van der Waals surface area (Å²) < 4.78 is 10.5. The number of benzene rings is 2. The molecule has 0 aliphatic carbocycles. The molecule has 0 unspecified atom stereocenters. The normalized spacial score (nSPS) is 10.4. The first-order valence-electron chi connectivity index (χ1n) is 7.16. The van der Waals surface area contributed by atoms with Crippen LogP contribution in [0.5, 0.6) is 11.5 Å². The summed E-state index contributed by atoms with van der Waals surface area (Å²) >= 11 is 0. The first kappa shape index (κ1) is 15.7. The highest BCUT2D eigenvalue weighted by Gasteiger charge is 2.12. The third-order valence-corrected chi connectivity index (χ3v) is 3.41. The third-order valence-electron chi connectivity index (χ3n) is 3.41. The zero-order valence-corrected chi connectivity index (χ0v) is 12.9. The lowest BCUT2D eigenvalue weighted by Crippen LogP contribution is -2.00. The molecule has 120 valence electrons. The third kappa shape index (κ3) is 3.09. The molecule has 0 spiro atoms. The quantitative estimate of drug-likeness (QED) is 0.709. The molecule has 5 heteroatoms. The number of ether oxygens (including phenoxy) is 1. The van der Waals surface area contributed by atoms with E-state index in [0.29, 0.717) is 17.9 Å². The van der Waals surface area contributed by atoms with Crippen molar-refractivity contribution in [1.82, 2.24) is 0 Å². The van der Waals surface area contributed by atoms with Crippen LogP contribution in [0.1, 0.15) is 5.56 Å². The van der Waals surface area contributed by atoms with Crippen molar-refractivity contribution in [3.63, 3.8) is 0 Å². The summed E-state index contributed by atoms with van der Waals surface area (Å²) in [7, 11) is 1.58. The van der Waals surface area contributed by atoms with Gasteiger partial charge in [0.25, 0.3) is 0 Å². The van der Waals surface area contributed by atoms with Crippen molar-refractivity contribution in [3.05, 3.63) is 58.3 Å². The average molecular weight is 322 g/mol. The molecule has 0 amide bonds. The number of rotatable bonds is 2. The van der Waals surface area contributed by atoms with Crippen molar-refractivity contribution in [3.8, 4) is 34.7 Å². The second-order valence-electron chi connectivity index (χ2n) is 5.13. The lowest BCUT2D eigenvalue weighted by atomic mass is 10.1. The molecule has 5 nitrogen and oxygen atoms in total. The van der Waals surface area contributed by atoms with Gasteiger partial charge in [0.2, 0.25) is 0 Å². The highest BCUT2D eigenvalue weighted by atomic mass is 16.5. The molecule has 0 atom stereocenters. The standard InChI is InChI=1S/C19H14O5/c1-23-8-2-3-12-4-6-13(7-5-12)17-11-16(22)19-15(21)9-14(20)10-18(19)24-17/h4-7,9-11,20-21H,8H2,1H3. The lowest BCUT2D eigenvalue weighted by Gasteiger charge is -2.05. The van der Waals surface area contributed by atoms with E-state index in [1.54, 1.807) is 19.2 Å². The Labute approximate surface area is 137 Å². The van der Waals surface area contributed by atoms with E-state index in [1.807, 2.05) is 12.1 Å². The van der Waals surface area contributed by atoms with Gasteiger partial charge < -0.3 is 19.4 Å². The largest absolute Gasteiger partial charge is 0.508 e. The SMILES string of the molecule is COCC#Cc1ccc(-c2cc(=O)c3c(O)cc(O)cc3o2)cc1. The summed E-state index contributed by atoms with van der Waals surface area (Å²) in [6, 6.07) is 10.9. The summed E-state index contributed by atoms with van der Waals surface area (Å²) in [4.78, 5) is 12.2. The van der Waals surface area contributed by atoms with Gasteiger partial charge in [0.1, 0.15) is 34.8 Å². The van der Waals surface area contributed by atoms with Crippen molar-refractivity contribution in [1.29, 1.82) is 0 Å². The fourth-order valence-electron chi connectivity index (χ4n) is 2.32. The highest BCUT2D eigenvalue weighted by molar-refractivity contribution is 5.86. The van der Waals surface area contributed by atoms with Gasteiger partial charge in [-0.2, -0.15) is 0 Å². The minimum absolute atomic E-state index is 0.0404. The average Bonchev–Trinajstić information content (AvgIpc) is 2.54. The predicted octanol–water partition coefficient (Wildman–Crippen LogP) is 2.87. The molecule has 0 saturated carbocycles. The number of aromatic hydroxyl groups is 2. The molecule has 0 aliphatic rings. The molecule has 24 heavy (non-hydrogen) atoms. The van der Waals surface area contributed by atoms with E-state index < -0.39 is 0 Å². The van der Waals surface area contributed by atoms with Crippen molar-refractivity contribution in [2.24, 2.45) is 0 Å². The summed E-state index contributed by atoms with van der Waals surface area (Å²) in [5, 5.41) is 19.4. The van der Waals surface area contributed by atoms with Gasteiger partial charge in [0.15, 0.2) is 5.43 Å². The van der Waals surface area contributed by atoms with Gasteiger partial charge in [-0.1, -0.05) is 11.8 Å². The van der Waals surface area contributed by atoms with Crippen LogP contribution in [-0.4, -0.2) is 23.9 Å². The molecule has 2 aromatic carbocycles. The van der Waals surface area contributed by atoms with Gasteiger partial charge in [-0.25, -0.2) is 0 Å². The summed E-state index contributed by atoms with van der Waals surface area (Å²) in [6.45, 7) is 0.355. The monoisotopic (exact) mass is 322 g/mol. The number of phenolic OH excluding ortho intramolecular Hbond substituents is 2. The van der Waals surface area contributed by atoms with E-state index in [-0.39, 0.29) is 27.9 Å². The van der Waals surface area contributed by atoms with E-state index >= 15 is 0 Å². The Morgan fingerprint density at radius 3 is 2.58 bits per heavy atom. The van der Waals surface area contributed by atoms with Crippen LogP contribution >= 0.6 is 0 Å². The van der Waals surface area contributed by atoms with Crippen molar-refractivity contribution < 1.29 is 19.4 Å². The molecule has 1 heterocycles. The smallest absolute Gasteiger partial charge is 0.197 e. The molecule has 3 rings (SSSR count). The minimum atomic E-state index is -0.382. The Morgan fingerprint density at radius 2 is 1.88 bits per heavy atom. The Balaban J connectivity index is 2.04. The van der Waals surface area contributed by atoms with Crippen LogP contribution in [0.2, 0.25) is 0 Å². The fourth-order valence-corrected chi connectivity index (χ4v) is 2.32. The zero-order valence-electron chi connectivity index (χ0n) is 12.9. The van der Waals surface area contributed by atoms with Gasteiger partial charge in [-0.05, 0) is 24.3 Å². The first-order chi connectivity index (χ1) is 11.6. The number of fused-ring (bicyclic) bond motifs is 1. The molecule has 0 aliphatic heterocycles. The second kappa shape index (κ2) is 6.49. The van der Waals surface area contributed by atoms with E-state index in [2.05, 4.69) is 11.8 Å². The fraction of sp³-hybridized carbons (Fsp3) is 0.105. The molecular formula is C19H14O5. The second-order valence-corrected chi connectivity index (χ2v) is 5.13. The minimum Gasteiger partial charge on any atom is -0.508 e. The van der Waals surface area contributed by atoms with Gasteiger partial charge in [-0.15, -0.1) is 0 Å². The van der Waals surface area contributed by atoms with Crippen LogP contribution in [0.15, 0.2) is 51.7 Å². The molecule has 3 aromatic rings. The molecule has 2 N–H and O–H groups in total. The summed E-state index contributed by atoms with van der Waals surface area (Å²) in [6.07, 6.45) is 0. The van der Waals surface area contributed by atoms with Crippen LogP contribution in [0.3, 0.4) is 0 Å². The van der Waals surface area contributed by atoms with Crippen molar-refractivity contribution in [2.75, 3.05) is 13.7 Å². The Morgan fingerprint density at radius 1 is 1.12 bits per heavy atom. The van der Waals surface area contributed by atoms with Crippen molar-refractivity contribution >= 4 is 11.0 Å². The van der Waals surface area contributed by atoms with Crippen LogP contribution in [0, 0.1) is 11.8 Å². The van der Waals surface area contributed by atoms with E-state index in [9.17, 15) is 15.0 Å². The predicted molar refractivity (Wildman–Crippen MR) is 90.0 cm³/mol. The van der Waals surface area contributed by atoms with Gasteiger partial charge in [0.05, 0.1) is 0 Å². The number of phenols is 2. The lowest BCUT2D eigenvalue weighted by molar-refractivity contribution is 0.240. The maximum Gasteiger partial charge on any atom is 0.197 e. The molecule has 0 bridgehead atoms. The van der Waals surface area contributed by atoms with Crippen LogP contribution < -0.4 is 5.43 Å². The van der Waals surface area contributed by atoms with Gasteiger partial charge in [0, 0.05) is 36.4 Å². The summed E-state index contributed by atoms with van der Waals surface area (Å²) in [5.41, 5.74) is 1.25. The van der Waals surface area contributed by atoms with E-state index in [4.69, 9.17) is 9.15 Å². The molecule has 0 fully saturated rings. The maximum atomic E-state index is 12.2. The molecule has 0 saturated heterocycles. The summed E-state index contributed by atoms with van der Waals surface area (Å²) in [5.74, 6) is 5.66. The zero-order chi connectivity index (χ0) is 17.1. The van der Waals surface area contributed by atoms with Gasteiger partial charge >= 0.3 is 0 Å². The van der Waals surface area contributed by atoms with Crippen LogP contribution in [-0.2, 0) is 4.74 Å². The number of methoxy groups -OCH3 is 1. The topological polar surface area (TPSA) is 79.9 Å². The number of hydrogen-bond acceptors (Lipinski definition) is 5. The molecule has 0 radical (unpaired) electrons.